The minimum absolute atomic E-state index is 0.0646. The van der Waals surface area contributed by atoms with Crippen LogP contribution in [0.5, 0.6) is 0 Å². The van der Waals surface area contributed by atoms with E-state index in [0.717, 1.165) is 49.2 Å². The SMILES string of the molecule is Cc1cc([C@@]2(CNC(=O)OCc3ccccc3)[C@@H]3CCN(c4cnc5c(B(O)O)nn(C6CCCCO6)c5n4)C[C@@H]32)no1. The van der Waals surface area contributed by atoms with Gasteiger partial charge in [0.1, 0.15) is 29.3 Å². The molecule has 0 radical (unpaired) electrons. The van der Waals surface area contributed by atoms with Crippen molar-refractivity contribution in [2.75, 3.05) is 31.1 Å². The second-order valence-electron chi connectivity index (χ2n) is 11.7. The van der Waals surface area contributed by atoms with E-state index in [0.29, 0.717) is 42.6 Å². The largest absolute Gasteiger partial charge is 0.512 e. The predicted molar refractivity (Wildman–Crippen MR) is 155 cm³/mol. The zero-order chi connectivity index (χ0) is 29.6. The van der Waals surface area contributed by atoms with Crippen LogP contribution in [0.25, 0.3) is 11.2 Å². The molecule has 3 N–H and O–H groups in total. The Hall–Kier alpha value is -4.01. The molecule has 3 aliphatic rings. The first kappa shape index (κ1) is 27.8. The van der Waals surface area contributed by atoms with Crippen molar-refractivity contribution in [2.45, 2.75) is 50.9 Å². The molecule has 43 heavy (non-hydrogen) atoms. The van der Waals surface area contributed by atoms with Gasteiger partial charge in [-0.2, -0.15) is 5.10 Å². The Balaban J connectivity index is 1.11. The summed E-state index contributed by atoms with van der Waals surface area (Å²) in [5.41, 5.74) is 2.24. The molecule has 14 heteroatoms. The summed E-state index contributed by atoms with van der Waals surface area (Å²) in [6.45, 7) is 4.48. The van der Waals surface area contributed by atoms with Gasteiger partial charge in [-0.05, 0) is 50.0 Å². The molecule has 4 aromatic rings. The topological polar surface area (TPSA) is 161 Å². The lowest BCUT2D eigenvalue weighted by molar-refractivity contribution is -0.0368. The normalized spacial score (nSPS) is 24.9. The van der Waals surface area contributed by atoms with Gasteiger partial charge in [-0.1, -0.05) is 35.5 Å². The molecule has 1 saturated carbocycles. The van der Waals surface area contributed by atoms with Gasteiger partial charge in [-0.15, -0.1) is 0 Å². The minimum atomic E-state index is -1.77. The number of aromatic nitrogens is 5. The fourth-order valence-corrected chi connectivity index (χ4v) is 6.86. The molecule has 2 aliphatic heterocycles. The van der Waals surface area contributed by atoms with Gasteiger partial charge in [0.05, 0.1) is 11.9 Å². The number of amides is 1. The number of alkyl carbamates (subject to hydrolysis) is 1. The molecule has 2 saturated heterocycles. The zero-order valence-electron chi connectivity index (χ0n) is 23.9. The summed E-state index contributed by atoms with van der Waals surface area (Å²) < 4.78 is 18.5. The number of aryl methyl sites for hydroxylation is 1. The van der Waals surface area contributed by atoms with Crippen LogP contribution < -0.4 is 15.8 Å². The Kier molecular flexibility index (Phi) is 7.27. The maximum absolute atomic E-state index is 12.7. The van der Waals surface area contributed by atoms with E-state index in [2.05, 4.69) is 25.5 Å². The highest BCUT2D eigenvalue weighted by molar-refractivity contribution is 6.60. The molecule has 3 fully saturated rings. The second-order valence-corrected chi connectivity index (χ2v) is 11.7. The number of anilines is 1. The summed E-state index contributed by atoms with van der Waals surface area (Å²) in [4.78, 5) is 24.4. The van der Waals surface area contributed by atoms with E-state index in [-0.39, 0.29) is 29.8 Å². The second kappa shape index (κ2) is 11.2. The number of nitrogens with one attached hydrogen (secondary N) is 1. The van der Waals surface area contributed by atoms with Crippen LogP contribution in [0.1, 0.15) is 48.9 Å². The van der Waals surface area contributed by atoms with Crippen molar-refractivity contribution in [1.29, 1.82) is 0 Å². The van der Waals surface area contributed by atoms with Gasteiger partial charge in [0.2, 0.25) is 0 Å². The van der Waals surface area contributed by atoms with Gasteiger partial charge in [-0.3, -0.25) is 0 Å². The van der Waals surface area contributed by atoms with E-state index >= 15 is 0 Å². The highest BCUT2D eigenvalue weighted by Gasteiger charge is 2.68. The summed E-state index contributed by atoms with van der Waals surface area (Å²) in [5, 5.41) is 31.7. The number of benzene rings is 1. The Morgan fingerprint density at radius 2 is 2.07 bits per heavy atom. The average molecular weight is 587 g/mol. The van der Waals surface area contributed by atoms with Crippen molar-refractivity contribution in [3.05, 3.63) is 59.6 Å². The average Bonchev–Trinajstić information content (AvgIpc) is 3.27. The number of piperidine rings is 1. The van der Waals surface area contributed by atoms with Crippen molar-refractivity contribution in [1.82, 2.24) is 30.2 Å². The van der Waals surface area contributed by atoms with Crippen molar-refractivity contribution < 1.29 is 28.8 Å². The van der Waals surface area contributed by atoms with Crippen molar-refractivity contribution >= 4 is 35.8 Å². The molecule has 4 atom stereocenters. The first-order valence-electron chi connectivity index (χ1n) is 14.8. The summed E-state index contributed by atoms with van der Waals surface area (Å²) >= 11 is 0. The summed E-state index contributed by atoms with van der Waals surface area (Å²) in [7, 11) is -1.77. The lowest BCUT2D eigenvalue weighted by atomic mass is 9.86. The molecule has 1 aliphatic carbocycles. The van der Waals surface area contributed by atoms with E-state index in [1.165, 1.54) is 0 Å². The van der Waals surface area contributed by atoms with Gasteiger partial charge in [0, 0.05) is 37.7 Å². The molecule has 1 unspecified atom stereocenters. The van der Waals surface area contributed by atoms with E-state index in [4.69, 9.17) is 19.0 Å². The van der Waals surface area contributed by atoms with Gasteiger partial charge in [0.15, 0.2) is 11.9 Å². The number of hydrogen-bond acceptors (Lipinski definition) is 11. The fraction of sp³-hybridized carbons (Fsp3) is 0.483. The molecular weight excluding hydrogens is 553 g/mol. The molecule has 7 rings (SSSR count). The number of nitrogens with zero attached hydrogens (tertiary/aromatic N) is 6. The molecule has 3 aromatic heterocycles. The molecule has 1 aromatic carbocycles. The molecule has 5 heterocycles. The predicted octanol–water partition coefficient (Wildman–Crippen LogP) is 1.82. The van der Waals surface area contributed by atoms with E-state index in [1.807, 2.05) is 43.3 Å². The van der Waals surface area contributed by atoms with Crippen LogP contribution in [0, 0.1) is 18.8 Å². The van der Waals surface area contributed by atoms with Crippen molar-refractivity contribution in [3.8, 4) is 0 Å². The van der Waals surface area contributed by atoms with Gasteiger partial charge in [-0.25, -0.2) is 19.4 Å². The van der Waals surface area contributed by atoms with Crippen LogP contribution in [-0.4, -0.2) is 74.4 Å². The van der Waals surface area contributed by atoms with Crippen LogP contribution in [0.4, 0.5) is 10.6 Å². The maximum Gasteiger partial charge on any atom is 0.512 e. The zero-order valence-corrected chi connectivity index (χ0v) is 23.9. The smallest absolute Gasteiger partial charge is 0.445 e. The van der Waals surface area contributed by atoms with Crippen LogP contribution >= 0.6 is 0 Å². The lowest BCUT2D eigenvalue weighted by Crippen LogP contribution is -2.36. The third kappa shape index (κ3) is 5.13. The number of carbonyl (C=O) groups excluding carboxylic acids is 1. The molecule has 13 nitrogen and oxygen atoms in total. The van der Waals surface area contributed by atoms with Gasteiger partial charge >= 0.3 is 13.2 Å². The highest BCUT2D eigenvalue weighted by atomic mass is 16.5. The lowest BCUT2D eigenvalue weighted by Gasteiger charge is -2.27. The fourth-order valence-electron chi connectivity index (χ4n) is 6.86. The number of fused-ring (bicyclic) bond motifs is 2. The van der Waals surface area contributed by atoms with E-state index < -0.39 is 13.2 Å². The molecular formula is C29H34BN7O6. The van der Waals surface area contributed by atoms with Crippen LogP contribution in [0.15, 0.2) is 47.1 Å². The van der Waals surface area contributed by atoms with Gasteiger partial charge < -0.3 is 34.3 Å². The molecule has 224 valence electrons. The third-order valence-electron chi connectivity index (χ3n) is 9.08. The van der Waals surface area contributed by atoms with E-state index in [9.17, 15) is 14.8 Å². The number of ether oxygens (including phenoxy) is 2. The summed E-state index contributed by atoms with van der Waals surface area (Å²) in [5.74, 6) is 1.89. The first-order valence-corrected chi connectivity index (χ1v) is 14.8. The Morgan fingerprint density at radius 3 is 2.81 bits per heavy atom. The van der Waals surface area contributed by atoms with Gasteiger partial charge in [0.25, 0.3) is 0 Å². The number of carbonyl (C=O) groups is 1. The maximum atomic E-state index is 12.7. The Labute approximate surface area is 248 Å². The highest BCUT2D eigenvalue weighted by Crippen LogP contribution is 2.63. The standard InChI is InChI=1S/C29H34BN7O6/c1-18-13-22(35-43-18)29(17-32-28(38)42-16-19-7-3-2-4-8-19)20-10-11-36(15-21(20)29)23-14-31-25-26(30(39)40)34-37(27(25)33-23)24-9-5-6-12-41-24/h2-4,7-8,13-14,20-21,24,39-40H,5-6,9-12,15-17H2,1H3,(H,32,38)/t20-,21+,24?,29+/m1/s1. The number of hydrogen-bond donors (Lipinski definition) is 3. The summed E-state index contributed by atoms with van der Waals surface area (Å²) in [6.07, 6.45) is 4.44. The minimum Gasteiger partial charge on any atom is -0.445 e. The molecule has 0 spiro atoms. The van der Waals surface area contributed by atoms with E-state index in [1.54, 1.807) is 10.9 Å². The van der Waals surface area contributed by atoms with Crippen LogP contribution in [0.2, 0.25) is 0 Å². The van der Waals surface area contributed by atoms with Crippen molar-refractivity contribution in [2.24, 2.45) is 11.8 Å². The quantitative estimate of drug-likeness (QED) is 0.258. The molecule has 0 bridgehead atoms. The van der Waals surface area contributed by atoms with Crippen LogP contribution in [-0.2, 0) is 21.5 Å². The summed E-state index contributed by atoms with van der Waals surface area (Å²) in [6, 6.07) is 11.5. The van der Waals surface area contributed by atoms with Crippen molar-refractivity contribution in [3.63, 3.8) is 0 Å². The third-order valence-corrected chi connectivity index (χ3v) is 9.08. The molecule has 1 amide bonds. The monoisotopic (exact) mass is 587 g/mol. The Bertz CT molecular complexity index is 1610. The number of rotatable bonds is 8. The first-order chi connectivity index (χ1) is 20.9. The van der Waals surface area contributed by atoms with Crippen LogP contribution in [0.3, 0.4) is 0 Å². The Morgan fingerprint density at radius 1 is 1.21 bits per heavy atom.